The fourth-order valence-electron chi connectivity index (χ4n) is 2.91. The van der Waals surface area contributed by atoms with Crippen molar-refractivity contribution in [2.75, 3.05) is 12.4 Å². The molecule has 0 spiro atoms. The molecule has 1 amide bonds. The maximum atomic E-state index is 12.8. The number of carbonyl (C=O) groups is 1. The number of nitro groups is 2. The number of ether oxygens (including phenoxy) is 2. The third-order valence-electron chi connectivity index (χ3n) is 4.47. The number of hydrogen-bond acceptors (Lipinski definition) is 8. The summed E-state index contributed by atoms with van der Waals surface area (Å²) in [5.74, 6) is 0.636. The summed E-state index contributed by atoms with van der Waals surface area (Å²) in [7, 11) is 1.52. The Hall–Kier alpha value is -4.48. The van der Waals surface area contributed by atoms with E-state index in [4.69, 9.17) is 9.47 Å². The van der Waals surface area contributed by atoms with Crippen molar-refractivity contribution in [2.24, 2.45) is 0 Å². The number of nitro benzene ring substituents is 1. The molecule has 0 fully saturated rings. The minimum atomic E-state index is -0.853. The van der Waals surface area contributed by atoms with Crippen LogP contribution in [0.1, 0.15) is 19.4 Å². The van der Waals surface area contributed by atoms with E-state index in [0.717, 1.165) is 12.4 Å². The number of non-ortho nitro benzene ring substituents is 1. The number of nitrogens with zero attached hydrogens (tertiary/aromatic N) is 4. The molecule has 0 saturated carbocycles. The van der Waals surface area contributed by atoms with Crippen molar-refractivity contribution in [2.45, 2.75) is 19.4 Å². The SMILES string of the molecule is CCC(C(=O)Nc1cc(Oc2ccc(OC)cc2)cc([N+](=O)[O-])c1)n1cc([N+](=O)[O-])cn1. The van der Waals surface area contributed by atoms with Crippen LogP contribution in [0.4, 0.5) is 17.1 Å². The molecule has 12 nitrogen and oxygen atoms in total. The van der Waals surface area contributed by atoms with E-state index in [1.165, 1.54) is 30.0 Å². The van der Waals surface area contributed by atoms with Crippen molar-refractivity contribution in [3.8, 4) is 17.2 Å². The minimum Gasteiger partial charge on any atom is -0.497 e. The number of aromatic nitrogens is 2. The van der Waals surface area contributed by atoms with E-state index >= 15 is 0 Å². The van der Waals surface area contributed by atoms with Gasteiger partial charge in [-0.15, -0.1) is 0 Å². The summed E-state index contributed by atoms with van der Waals surface area (Å²) in [5.41, 5.74) is -0.399. The summed E-state index contributed by atoms with van der Waals surface area (Å²) in [6.07, 6.45) is 2.48. The van der Waals surface area contributed by atoms with E-state index in [9.17, 15) is 25.0 Å². The van der Waals surface area contributed by atoms with Crippen LogP contribution < -0.4 is 14.8 Å². The molecular weight excluding hydrogens is 422 g/mol. The lowest BCUT2D eigenvalue weighted by molar-refractivity contribution is -0.385. The van der Waals surface area contributed by atoms with Crippen LogP contribution in [-0.2, 0) is 4.79 Å². The summed E-state index contributed by atoms with van der Waals surface area (Å²) >= 11 is 0. The molecule has 0 radical (unpaired) electrons. The Balaban J connectivity index is 1.84. The van der Waals surface area contributed by atoms with Gasteiger partial charge in [0.15, 0.2) is 0 Å². The normalized spacial score (nSPS) is 11.4. The maximum absolute atomic E-state index is 12.8. The second-order valence-corrected chi connectivity index (χ2v) is 6.60. The molecule has 166 valence electrons. The number of methoxy groups -OCH3 is 1. The van der Waals surface area contributed by atoms with Crippen LogP contribution in [-0.4, -0.2) is 32.6 Å². The van der Waals surface area contributed by atoms with Crippen molar-refractivity contribution in [1.29, 1.82) is 0 Å². The number of rotatable bonds is 9. The van der Waals surface area contributed by atoms with E-state index in [1.807, 2.05) is 0 Å². The van der Waals surface area contributed by atoms with E-state index < -0.39 is 21.8 Å². The summed E-state index contributed by atoms with van der Waals surface area (Å²) in [6.45, 7) is 1.71. The fraction of sp³-hybridized carbons (Fsp3) is 0.200. The molecule has 1 atom stereocenters. The molecule has 1 N–H and O–H groups in total. The summed E-state index contributed by atoms with van der Waals surface area (Å²) in [6, 6.07) is 9.61. The third-order valence-corrected chi connectivity index (χ3v) is 4.47. The first-order valence-corrected chi connectivity index (χ1v) is 9.41. The molecule has 12 heteroatoms. The zero-order valence-electron chi connectivity index (χ0n) is 17.1. The van der Waals surface area contributed by atoms with E-state index in [0.29, 0.717) is 11.5 Å². The van der Waals surface area contributed by atoms with Gasteiger partial charge in [0.2, 0.25) is 5.91 Å². The van der Waals surface area contributed by atoms with Gasteiger partial charge >= 0.3 is 5.69 Å². The van der Waals surface area contributed by atoms with Gasteiger partial charge in [-0.25, -0.2) is 0 Å². The molecule has 1 unspecified atom stereocenters. The van der Waals surface area contributed by atoms with Gasteiger partial charge in [-0.2, -0.15) is 5.10 Å². The maximum Gasteiger partial charge on any atom is 0.307 e. The van der Waals surface area contributed by atoms with Crippen molar-refractivity contribution < 1.29 is 24.1 Å². The molecule has 0 aliphatic rings. The molecule has 0 aliphatic carbocycles. The van der Waals surface area contributed by atoms with Crippen molar-refractivity contribution in [3.63, 3.8) is 0 Å². The Bertz CT molecular complexity index is 1140. The molecule has 1 aromatic heterocycles. The van der Waals surface area contributed by atoms with Gasteiger partial charge in [0.05, 0.1) is 28.7 Å². The van der Waals surface area contributed by atoms with Crippen LogP contribution in [0.2, 0.25) is 0 Å². The topological polar surface area (TPSA) is 152 Å². The van der Waals surface area contributed by atoms with Gasteiger partial charge in [-0.3, -0.25) is 29.7 Å². The third kappa shape index (κ3) is 5.16. The highest BCUT2D eigenvalue weighted by Gasteiger charge is 2.23. The van der Waals surface area contributed by atoms with E-state index in [2.05, 4.69) is 10.4 Å². The van der Waals surface area contributed by atoms with Gasteiger partial charge in [-0.1, -0.05) is 6.92 Å². The lowest BCUT2D eigenvalue weighted by Gasteiger charge is -2.16. The quantitative estimate of drug-likeness (QED) is 0.385. The minimum absolute atomic E-state index is 0.132. The number of anilines is 1. The predicted molar refractivity (Wildman–Crippen MR) is 113 cm³/mol. The Morgan fingerprint density at radius 3 is 2.28 bits per heavy atom. The number of benzene rings is 2. The largest absolute Gasteiger partial charge is 0.497 e. The summed E-state index contributed by atoms with van der Waals surface area (Å²) in [5, 5.41) is 28.7. The van der Waals surface area contributed by atoms with Crippen molar-refractivity contribution in [3.05, 3.63) is 75.1 Å². The highest BCUT2D eigenvalue weighted by Crippen LogP contribution is 2.31. The van der Waals surface area contributed by atoms with Gasteiger partial charge in [0.1, 0.15) is 35.7 Å². The molecule has 0 saturated heterocycles. The summed E-state index contributed by atoms with van der Waals surface area (Å²) < 4.78 is 11.9. The second-order valence-electron chi connectivity index (χ2n) is 6.60. The zero-order chi connectivity index (χ0) is 23.3. The first-order valence-electron chi connectivity index (χ1n) is 9.41. The first kappa shape index (κ1) is 22.2. The second kappa shape index (κ2) is 9.55. The van der Waals surface area contributed by atoms with Crippen LogP contribution in [0.25, 0.3) is 0 Å². The molecule has 32 heavy (non-hydrogen) atoms. The van der Waals surface area contributed by atoms with Crippen molar-refractivity contribution in [1.82, 2.24) is 9.78 Å². The lowest BCUT2D eigenvalue weighted by Crippen LogP contribution is -2.26. The number of amides is 1. The fourth-order valence-corrected chi connectivity index (χ4v) is 2.91. The van der Waals surface area contributed by atoms with Gasteiger partial charge in [0, 0.05) is 12.1 Å². The average Bonchev–Trinajstić information content (AvgIpc) is 3.25. The molecule has 0 bridgehead atoms. The standard InChI is InChI=1S/C20H19N5O7/c1-3-19(23-12-15(11-21-23)25(29)30)20(26)22-13-8-14(24(27)28)10-18(9-13)32-17-6-4-16(31-2)5-7-17/h4-12,19H,3H2,1-2H3,(H,22,26). The van der Waals surface area contributed by atoms with Crippen LogP contribution in [0.3, 0.4) is 0 Å². The Kier molecular flexibility index (Phi) is 6.63. The van der Waals surface area contributed by atoms with Crippen LogP contribution in [0.5, 0.6) is 17.2 Å². The molecule has 2 aromatic carbocycles. The first-order chi connectivity index (χ1) is 15.3. The van der Waals surface area contributed by atoms with Crippen LogP contribution in [0, 0.1) is 20.2 Å². The lowest BCUT2D eigenvalue weighted by atomic mass is 10.2. The summed E-state index contributed by atoms with van der Waals surface area (Å²) in [4.78, 5) is 33.8. The van der Waals surface area contributed by atoms with Gasteiger partial charge in [-0.05, 0) is 30.7 Å². The van der Waals surface area contributed by atoms with Crippen LogP contribution in [0.15, 0.2) is 54.9 Å². The molecule has 3 aromatic rings. The number of nitrogens with one attached hydrogen (secondary N) is 1. The Morgan fingerprint density at radius 1 is 1.06 bits per heavy atom. The smallest absolute Gasteiger partial charge is 0.307 e. The number of hydrogen-bond donors (Lipinski definition) is 1. The zero-order valence-corrected chi connectivity index (χ0v) is 17.1. The Labute approximate surface area is 181 Å². The monoisotopic (exact) mass is 441 g/mol. The predicted octanol–water partition coefficient (Wildman–Crippen LogP) is 4.09. The number of carbonyl (C=O) groups excluding carboxylic acids is 1. The molecule has 0 aliphatic heterocycles. The highest BCUT2D eigenvalue weighted by molar-refractivity contribution is 5.94. The Morgan fingerprint density at radius 2 is 1.72 bits per heavy atom. The molecule has 1 heterocycles. The average molecular weight is 441 g/mol. The van der Waals surface area contributed by atoms with Crippen LogP contribution >= 0.6 is 0 Å². The van der Waals surface area contributed by atoms with Crippen molar-refractivity contribution >= 4 is 23.0 Å². The van der Waals surface area contributed by atoms with Gasteiger partial charge < -0.3 is 14.8 Å². The molecular formula is C20H19N5O7. The van der Waals surface area contributed by atoms with Gasteiger partial charge in [0.25, 0.3) is 5.69 Å². The van der Waals surface area contributed by atoms with E-state index in [1.54, 1.807) is 31.2 Å². The van der Waals surface area contributed by atoms with E-state index in [-0.39, 0.29) is 29.2 Å². The highest BCUT2D eigenvalue weighted by atomic mass is 16.6. The molecule has 3 rings (SSSR count).